The van der Waals surface area contributed by atoms with E-state index in [1.807, 2.05) is 12.4 Å². The number of rotatable bonds is 26. The summed E-state index contributed by atoms with van der Waals surface area (Å²) in [6, 6.07) is 79.1. The minimum atomic E-state index is 0. The molecule has 0 atom stereocenters. The van der Waals surface area contributed by atoms with Crippen LogP contribution in [0, 0.1) is 0 Å². The van der Waals surface area contributed by atoms with E-state index in [0.717, 1.165) is 79.8 Å². The summed E-state index contributed by atoms with van der Waals surface area (Å²) in [7, 11) is 3.75. The van der Waals surface area contributed by atoms with Gasteiger partial charge in [-0.05, 0) is 208 Å². The first-order valence-electron chi connectivity index (χ1n) is 51.0. The van der Waals surface area contributed by atoms with E-state index in [-0.39, 0.29) is 16.5 Å². The fourth-order valence-corrected chi connectivity index (χ4v) is 18.8. The van der Waals surface area contributed by atoms with Crippen molar-refractivity contribution < 1.29 is 49.2 Å². The Hall–Kier alpha value is -6.63. The molecule has 784 valence electrons. The maximum absolute atomic E-state index is 5.55. The second kappa shape index (κ2) is 59.8. The van der Waals surface area contributed by atoms with Crippen molar-refractivity contribution in [1.82, 2.24) is 0 Å². The van der Waals surface area contributed by atoms with E-state index in [9.17, 15) is 0 Å². The molecule has 12 aromatic carbocycles. The standard InChI is InChI=1S/2C36H40N2.C28H40N2.C26H36N2.6BrH.4Ni.2H/c2*1-21(2)26-15-11-16-27(22(3)4)33(26)37-35-30-19-9-13-25-14-10-20-31(32(25)30)36(35)38-34-28(23(5)6)17-12-18-29(34)24(7)8;1-17(2)23-13-11-14-24(18(3)4)27(23)29-21(9)22(10)30-28-25(19(5)6)15-12-16-26(28)20(7)8;1-17(2)21-11-9-12-22(18(3)4)25(21)27-15-16-28-26-23(19(5)6)13-10-14-24(26)20(7)8;;;;;;;;;;;;/h2*9-24H,1-8H3;11-20H,1-10H3;9-20H,1-8H3;6*1H;;;;;;/q;;;;;;;;;;;3*+2;;/p-6. The molecule has 0 fully saturated rings. The molecule has 18 heteroatoms. The van der Waals surface area contributed by atoms with E-state index >= 15 is 0 Å². The third-order valence-corrected chi connectivity index (χ3v) is 26.5. The van der Waals surface area contributed by atoms with Gasteiger partial charge in [0.1, 0.15) is 0 Å². The van der Waals surface area contributed by atoms with Crippen molar-refractivity contribution in [2.24, 2.45) is 39.9 Å². The van der Waals surface area contributed by atoms with E-state index < -0.39 is 0 Å². The molecule has 0 bridgehead atoms. The molecule has 2 aliphatic rings. The first-order chi connectivity index (χ1) is 67.9. The van der Waals surface area contributed by atoms with E-state index in [4.69, 9.17) is 39.9 Å². The summed E-state index contributed by atoms with van der Waals surface area (Å²) in [6.07, 6.45) is 3.71. The second-order valence-electron chi connectivity index (χ2n) is 42.1. The van der Waals surface area contributed by atoms with Gasteiger partial charge < -0.3 is 0 Å². The Labute approximate surface area is 938 Å². The number of para-hydroxylation sites is 8. The van der Waals surface area contributed by atoms with Crippen LogP contribution in [0.3, 0.4) is 0 Å². The van der Waals surface area contributed by atoms with Gasteiger partial charge in [0.05, 0.1) is 79.8 Å². The zero-order chi connectivity index (χ0) is 106. The van der Waals surface area contributed by atoms with Gasteiger partial charge in [0.25, 0.3) is 0 Å². The maximum atomic E-state index is 5.55. The molecule has 0 amide bonds. The number of benzene rings is 12. The van der Waals surface area contributed by atoms with Crippen LogP contribution in [0.1, 0.15) is 441 Å². The molecule has 12 aromatic rings. The Bertz CT molecular complexity index is 5710. The molecule has 0 unspecified atom stereocenters. The number of nitrogens with zero attached hydrogens (tertiary/aromatic N) is 8. The van der Waals surface area contributed by atoms with Gasteiger partial charge >= 0.3 is 135 Å². The normalized spacial score (nSPS) is 13.8. The number of hydrogen-bond donors (Lipinski definition) is 0. The van der Waals surface area contributed by atoms with Crippen molar-refractivity contribution in [2.75, 3.05) is 0 Å². The van der Waals surface area contributed by atoms with Crippen LogP contribution in [0.2, 0.25) is 0 Å². The van der Waals surface area contributed by atoms with Crippen molar-refractivity contribution in [3.8, 4) is 0 Å². The van der Waals surface area contributed by atoms with Crippen LogP contribution >= 0.6 is 85.4 Å². The Morgan fingerprint density at radius 2 is 0.319 bits per heavy atom. The van der Waals surface area contributed by atoms with Crippen molar-refractivity contribution in [2.45, 2.75) is 330 Å². The first kappa shape index (κ1) is 124. The molecule has 0 heterocycles. The number of aliphatic imine (C=N–C) groups is 8. The third kappa shape index (κ3) is 32.0. The van der Waals surface area contributed by atoms with Gasteiger partial charge in [0, 0.05) is 45.5 Å². The van der Waals surface area contributed by atoms with Crippen LogP contribution in [0.15, 0.2) is 258 Å². The molecule has 0 spiro atoms. The molecule has 14 rings (SSSR count). The molecule has 0 N–H and O–H groups in total. The van der Waals surface area contributed by atoms with E-state index in [0.29, 0.717) is 94.7 Å². The van der Waals surface area contributed by atoms with Gasteiger partial charge in [-0.3, -0.25) is 20.0 Å². The van der Waals surface area contributed by atoms with Gasteiger partial charge in [0.2, 0.25) is 0 Å². The Kier molecular flexibility index (Phi) is 51.6. The third-order valence-electron chi connectivity index (χ3n) is 26.5. The van der Waals surface area contributed by atoms with Gasteiger partial charge in [-0.2, -0.15) is 0 Å². The van der Waals surface area contributed by atoms with Gasteiger partial charge in [-0.15, -0.1) is 0 Å². The predicted octanol–water partition coefficient (Wildman–Crippen LogP) is 43.1. The Balaban J connectivity index is 0.000000254. The summed E-state index contributed by atoms with van der Waals surface area (Å²) < 4.78 is 0. The summed E-state index contributed by atoms with van der Waals surface area (Å²) >= 11 is 18.0. The monoisotopic (exact) mass is 2490 g/mol. The van der Waals surface area contributed by atoms with Crippen LogP contribution in [-0.2, 0) is 49.2 Å². The van der Waals surface area contributed by atoms with E-state index in [2.05, 4.69) is 539 Å². The van der Waals surface area contributed by atoms with E-state index in [1.54, 1.807) is 0 Å². The van der Waals surface area contributed by atoms with Crippen LogP contribution < -0.4 is 0 Å². The first-order valence-corrected chi connectivity index (χ1v) is 65.6. The van der Waals surface area contributed by atoms with Gasteiger partial charge in [-0.25, -0.2) is 20.0 Å². The summed E-state index contributed by atoms with van der Waals surface area (Å²) in [5, 5.41) is 4.99. The van der Waals surface area contributed by atoms with Crippen molar-refractivity contribution in [1.29, 1.82) is 0 Å². The fourth-order valence-electron chi connectivity index (χ4n) is 18.8. The zero-order valence-corrected chi connectivity index (χ0v) is 105. The molecule has 144 heavy (non-hydrogen) atoms. The number of halogens is 6. The van der Waals surface area contributed by atoms with E-state index in [1.165, 1.54) is 166 Å². The SMILES string of the molecule is CC(=Nc1c(C(C)C)cccc1C(C)C)C(C)=Nc1c(C(C)C)cccc1C(C)C.CC(C)c1cccc(C(C)C)c1N=C1C(=Nc2c(C(C)C)cccc2C(C)C)c2cccc3cccc1c23.CC(C)c1cccc(C(C)C)c1N=C1C(=Nc2c(C(C)C)cccc2C(C)C)c2cccc3cccc1c23.CC(C)c1cccc(C(C)C)c1N=CC=Nc1c(C(C)C)cccc1C(C)C.[Br][Ni][Br].[Br][Ni][Br].[Br][Ni][Br].[NiH2]. The van der Waals surface area contributed by atoms with Gasteiger partial charge in [-0.1, -0.05) is 440 Å². The summed E-state index contributed by atoms with van der Waals surface area (Å²) in [5.41, 5.74) is 40.2. The molecule has 8 nitrogen and oxygen atoms in total. The summed E-state index contributed by atoms with van der Waals surface area (Å²) in [5.74, 6) is 6.51. The molecule has 0 aromatic heterocycles. The van der Waals surface area contributed by atoms with Crippen LogP contribution in [0.5, 0.6) is 0 Å². The quantitative estimate of drug-likeness (QED) is 0.0381. The molecule has 2 aliphatic carbocycles. The molecule has 0 saturated heterocycles. The summed E-state index contributed by atoms with van der Waals surface area (Å²) in [4.78, 5) is 42.2. The second-order valence-corrected chi connectivity index (χ2v) is 57.1. The number of hydrogen-bond acceptors (Lipinski definition) is 8. The average molecular weight is 2500 g/mol. The van der Waals surface area contributed by atoms with Crippen molar-refractivity contribution in [3.05, 3.63) is 330 Å². The van der Waals surface area contributed by atoms with Crippen LogP contribution in [0.25, 0.3) is 21.5 Å². The molecular weight excluding hydrogens is 2340 g/mol. The molecule has 0 radical (unpaired) electrons. The van der Waals surface area contributed by atoms with Crippen LogP contribution in [-0.4, -0.2) is 46.7 Å². The Morgan fingerprint density at radius 1 is 0.194 bits per heavy atom. The predicted molar refractivity (Wildman–Crippen MR) is 648 cm³/mol. The molecule has 0 aliphatic heterocycles. The minimum absolute atomic E-state index is 0. The zero-order valence-electron chi connectivity index (χ0n) is 91.3. The van der Waals surface area contributed by atoms with Gasteiger partial charge in [0.15, 0.2) is 0 Å². The van der Waals surface area contributed by atoms with Crippen molar-refractivity contribution >= 4 is 199 Å². The fraction of sp³-hybridized carbons (Fsp3) is 0.397. The van der Waals surface area contributed by atoms with Crippen LogP contribution in [0.4, 0.5) is 45.5 Å². The molecule has 0 saturated carbocycles. The van der Waals surface area contributed by atoms with Crippen molar-refractivity contribution in [3.63, 3.8) is 0 Å². The Morgan fingerprint density at radius 3 is 0.458 bits per heavy atom. The summed E-state index contributed by atoms with van der Waals surface area (Å²) in [6.45, 7) is 76.0. The topological polar surface area (TPSA) is 98.9 Å². The average Bonchev–Trinajstić information content (AvgIpc) is 1.59. The molecular formula is C126H158Br6N8Ni4.